The van der Waals surface area contributed by atoms with E-state index in [1.807, 2.05) is 12.1 Å². The van der Waals surface area contributed by atoms with Gasteiger partial charge in [0.05, 0.1) is 18.9 Å². The molecule has 3 rings (SSSR count). The van der Waals surface area contributed by atoms with Crippen LogP contribution in [0.4, 0.5) is 0 Å². The van der Waals surface area contributed by atoms with E-state index in [4.69, 9.17) is 17.2 Å². The first-order valence-corrected chi connectivity index (χ1v) is 13.0. The Balaban J connectivity index is 1.83. The number of carbonyl (C=O) groups excluding carboxylic acids is 5. The van der Waals surface area contributed by atoms with E-state index in [1.54, 1.807) is 48.7 Å². The van der Waals surface area contributed by atoms with Crippen molar-refractivity contribution in [2.24, 2.45) is 17.2 Å². The molecule has 0 aliphatic rings. The van der Waals surface area contributed by atoms with Crippen LogP contribution in [0.1, 0.15) is 24.0 Å². The van der Waals surface area contributed by atoms with Crippen LogP contribution in [0.5, 0.6) is 0 Å². The van der Waals surface area contributed by atoms with Gasteiger partial charge in [-0.25, -0.2) is 4.79 Å². The molecular formula is C28H33N7O7. The minimum absolute atomic E-state index is 0.0594. The molecule has 11 N–H and O–H groups in total. The van der Waals surface area contributed by atoms with Crippen molar-refractivity contribution in [3.8, 4) is 0 Å². The van der Waals surface area contributed by atoms with Gasteiger partial charge in [0, 0.05) is 29.9 Å². The highest BCUT2D eigenvalue weighted by Crippen LogP contribution is 2.19. The van der Waals surface area contributed by atoms with Crippen LogP contribution < -0.4 is 33.2 Å². The fourth-order valence-corrected chi connectivity index (χ4v) is 4.32. The number of aromatic amines is 1. The number of nitrogens with one attached hydrogen (secondary N) is 4. The van der Waals surface area contributed by atoms with Gasteiger partial charge in [0.1, 0.15) is 18.1 Å². The Morgan fingerprint density at radius 2 is 1.29 bits per heavy atom. The van der Waals surface area contributed by atoms with Crippen molar-refractivity contribution in [2.45, 2.75) is 49.9 Å². The first-order valence-electron chi connectivity index (χ1n) is 13.0. The Kier molecular flexibility index (Phi) is 10.7. The van der Waals surface area contributed by atoms with Crippen molar-refractivity contribution < 1.29 is 33.9 Å². The molecule has 1 aromatic heterocycles. The molecule has 14 nitrogen and oxygen atoms in total. The maximum atomic E-state index is 13.5. The van der Waals surface area contributed by atoms with E-state index in [0.717, 1.165) is 10.9 Å². The summed E-state index contributed by atoms with van der Waals surface area (Å²) in [6, 6.07) is 10.2. The highest BCUT2D eigenvalue weighted by atomic mass is 16.4. The quantitative estimate of drug-likeness (QED) is 0.106. The van der Waals surface area contributed by atoms with Crippen LogP contribution in [0.25, 0.3) is 10.9 Å². The Labute approximate surface area is 240 Å². The Morgan fingerprint density at radius 1 is 0.714 bits per heavy atom. The van der Waals surface area contributed by atoms with Gasteiger partial charge in [-0.2, -0.15) is 0 Å². The molecule has 0 aliphatic heterocycles. The number of hydrogen-bond donors (Lipinski definition) is 8. The highest BCUT2D eigenvalue weighted by Gasteiger charge is 2.32. The standard InChI is InChI=1S/C28H33N7O7/c29-18(12-23(30)36)25(38)33-20(11-16-14-32-19-9-5-4-8-17(16)19)26(39)34-21(13-24(31)37)27(40)35-22(28(41)42)10-15-6-2-1-3-7-15/h1-9,14,18,20-22,32H,10-13,29H2,(H2,30,36)(H2,31,37)(H,33,38)(H,34,39)(H,35,40)(H,41,42). The molecule has 0 radical (unpaired) electrons. The van der Waals surface area contributed by atoms with E-state index < -0.39 is 72.5 Å². The fraction of sp³-hybridized carbons (Fsp3) is 0.286. The van der Waals surface area contributed by atoms with Crippen molar-refractivity contribution in [2.75, 3.05) is 0 Å². The van der Waals surface area contributed by atoms with Crippen LogP contribution in [-0.2, 0) is 41.6 Å². The van der Waals surface area contributed by atoms with Crippen molar-refractivity contribution in [1.29, 1.82) is 0 Å². The van der Waals surface area contributed by atoms with Gasteiger partial charge >= 0.3 is 5.97 Å². The lowest BCUT2D eigenvalue weighted by Crippen LogP contribution is -2.58. The SMILES string of the molecule is NC(=O)CC(N)C(=O)NC(Cc1c[nH]c2ccccc12)C(=O)NC(CC(N)=O)C(=O)NC(Cc1ccccc1)C(=O)O. The maximum Gasteiger partial charge on any atom is 0.326 e. The zero-order valence-corrected chi connectivity index (χ0v) is 22.5. The molecule has 1 heterocycles. The smallest absolute Gasteiger partial charge is 0.326 e. The number of benzene rings is 2. The predicted octanol–water partition coefficient (Wildman–Crippen LogP) is -1.43. The van der Waals surface area contributed by atoms with Gasteiger partial charge in [-0.15, -0.1) is 0 Å². The number of amides is 5. The summed E-state index contributed by atoms with van der Waals surface area (Å²) in [6.07, 6.45) is 0.398. The number of carbonyl (C=O) groups is 6. The summed E-state index contributed by atoms with van der Waals surface area (Å²) in [4.78, 5) is 77.3. The lowest BCUT2D eigenvalue weighted by atomic mass is 10.0. The van der Waals surface area contributed by atoms with Gasteiger partial charge in [-0.3, -0.25) is 24.0 Å². The predicted molar refractivity (Wildman–Crippen MR) is 151 cm³/mol. The van der Waals surface area contributed by atoms with Crippen LogP contribution in [0.2, 0.25) is 0 Å². The van der Waals surface area contributed by atoms with Crippen molar-refractivity contribution in [3.05, 3.63) is 71.9 Å². The van der Waals surface area contributed by atoms with Crippen molar-refractivity contribution in [3.63, 3.8) is 0 Å². The molecule has 0 bridgehead atoms. The number of carboxylic acid groups (broad SMARTS) is 1. The second-order valence-electron chi connectivity index (χ2n) is 9.72. The van der Waals surface area contributed by atoms with Gasteiger partial charge in [0.15, 0.2) is 0 Å². The van der Waals surface area contributed by atoms with Crippen LogP contribution in [0, 0.1) is 0 Å². The summed E-state index contributed by atoms with van der Waals surface area (Å²) in [5.74, 6) is -5.78. The van der Waals surface area contributed by atoms with Crippen LogP contribution in [0.15, 0.2) is 60.8 Å². The molecule has 0 aliphatic carbocycles. The normalized spacial score (nSPS) is 13.7. The molecule has 3 aromatic rings. The third-order valence-electron chi connectivity index (χ3n) is 6.43. The Morgan fingerprint density at radius 3 is 1.93 bits per heavy atom. The topological polar surface area (TPSA) is 253 Å². The second-order valence-corrected chi connectivity index (χ2v) is 9.72. The summed E-state index contributed by atoms with van der Waals surface area (Å²) in [7, 11) is 0. The minimum atomic E-state index is -1.56. The molecule has 4 unspecified atom stereocenters. The molecule has 0 saturated carbocycles. The van der Waals surface area contributed by atoms with Gasteiger partial charge in [0.25, 0.3) is 0 Å². The van der Waals surface area contributed by atoms with Crippen LogP contribution >= 0.6 is 0 Å². The molecule has 4 atom stereocenters. The molecule has 0 spiro atoms. The second kappa shape index (κ2) is 14.4. The van der Waals surface area contributed by atoms with Crippen molar-refractivity contribution in [1.82, 2.24) is 20.9 Å². The van der Waals surface area contributed by atoms with Crippen LogP contribution in [-0.4, -0.2) is 69.8 Å². The first-order chi connectivity index (χ1) is 19.9. The molecule has 14 heteroatoms. The summed E-state index contributed by atoms with van der Waals surface area (Å²) >= 11 is 0. The van der Waals surface area contributed by atoms with Gasteiger partial charge < -0.3 is 43.2 Å². The van der Waals surface area contributed by atoms with Crippen LogP contribution in [0.3, 0.4) is 0 Å². The lowest BCUT2D eigenvalue weighted by molar-refractivity contribution is -0.142. The monoisotopic (exact) mass is 579 g/mol. The number of H-pyrrole nitrogens is 1. The molecule has 0 saturated heterocycles. The van der Waals surface area contributed by atoms with E-state index in [-0.39, 0.29) is 12.8 Å². The first kappa shape index (κ1) is 31.3. The number of fused-ring (bicyclic) bond motifs is 1. The summed E-state index contributed by atoms with van der Waals surface area (Å²) < 4.78 is 0. The molecule has 2 aromatic carbocycles. The summed E-state index contributed by atoms with van der Waals surface area (Å²) in [6.45, 7) is 0. The van der Waals surface area contributed by atoms with Gasteiger partial charge in [0.2, 0.25) is 29.5 Å². The Bertz CT molecular complexity index is 1460. The van der Waals surface area contributed by atoms with E-state index in [0.29, 0.717) is 11.1 Å². The largest absolute Gasteiger partial charge is 0.480 e. The van der Waals surface area contributed by atoms with Gasteiger partial charge in [-0.1, -0.05) is 48.5 Å². The molecule has 5 amide bonds. The van der Waals surface area contributed by atoms with E-state index >= 15 is 0 Å². The zero-order valence-electron chi connectivity index (χ0n) is 22.5. The maximum absolute atomic E-state index is 13.5. The van der Waals surface area contributed by atoms with E-state index in [2.05, 4.69) is 20.9 Å². The van der Waals surface area contributed by atoms with E-state index in [1.165, 1.54) is 0 Å². The lowest BCUT2D eigenvalue weighted by Gasteiger charge is -2.24. The fourth-order valence-electron chi connectivity index (χ4n) is 4.32. The van der Waals surface area contributed by atoms with E-state index in [9.17, 15) is 33.9 Å². The summed E-state index contributed by atoms with van der Waals surface area (Å²) in [5, 5.41) is 17.7. The number of para-hydroxylation sites is 1. The average Bonchev–Trinajstić information content (AvgIpc) is 3.34. The number of aromatic nitrogens is 1. The number of aliphatic carboxylic acids is 1. The third kappa shape index (κ3) is 8.89. The van der Waals surface area contributed by atoms with Crippen molar-refractivity contribution >= 4 is 46.4 Å². The number of carboxylic acids is 1. The molecule has 222 valence electrons. The number of rotatable bonds is 15. The molecule has 0 fully saturated rings. The highest BCUT2D eigenvalue weighted by molar-refractivity contribution is 5.97. The number of primary amides is 2. The Hall–Kier alpha value is -5.24. The average molecular weight is 580 g/mol. The van der Waals surface area contributed by atoms with Gasteiger partial charge in [-0.05, 0) is 17.2 Å². The molecule has 42 heavy (non-hydrogen) atoms. The number of hydrogen-bond acceptors (Lipinski definition) is 7. The zero-order chi connectivity index (χ0) is 30.8. The summed E-state index contributed by atoms with van der Waals surface area (Å²) in [5.41, 5.74) is 18.3. The molecular weight excluding hydrogens is 546 g/mol. The number of nitrogens with two attached hydrogens (primary N) is 3. The third-order valence-corrected chi connectivity index (χ3v) is 6.43. The minimum Gasteiger partial charge on any atom is -0.480 e.